The fraction of sp³-hybridized carbons (Fsp3) is 0.409. The molecule has 9 nitrogen and oxygen atoms in total. The van der Waals surface area contributed by atoms with Gasteiger partial charge in [-0.25, -0.2) is 13.1 Å². The molecule has 2 aliphatic rings. The molecule has 0 unspecified atom stereocenters. The Kier molecular flexibility index (Phi) is 6.54. The average Bonchev–Trinajstić information content (AvgIpc) is 3.26. The van der Waals surface area contributed by atoms with Crippen LogP contribution in [-0.2, 0) is 16.6 Å². The van der Waals surface area contributed by atoms with Crippen LogP contribution in [0.3, 0.4) is 0 Å². The second-order valence-electron chi connectivity index (χ2n) is 7.62. The van der Waals surface area contributed by atoms with Gasteiger partial charge in [-0.15, -0.1) is 0 Å². The number of amides is 1. The monoisotopic (exact) mass is 461 g/mol. The first-order valence-corrected chi connectivity index (χ1v) is 12.0. The van der Waals surface area contributed by atoms with Crippen molar-refractivity contribution in [1.82, 2.24) is 14.5 Å². The van der Waals surface area contributed by atoms with Crippen LogP contribution in [0.4, 0.5) is 0 Å². The van der Waals surface area contributed by atoms with Crippen LogP contribution < -0.4 is 18.9 Å². The van der Waals surface area contributed by atoms with Gasteiger partial charge in [-0.3, -0.25) is 9.69 Å². The standard InChI is InChI=1S/C22H27N3O6S/c1-3-23-32(27,28)21-13-17(5-7-19(21)29-2)22(26)25-10-8-24(9-11-25)14-16-4-6-18-20(12-16)31-15-30-18/h4-7,12-13,23H,3,8-11,14-15H2,1-2H3. The van der Waals surface area contributed by atoms with E-state index in [2.05, 4.69) is 9.62 Å². The highest BCUT2D eigenvalue weighted by Crippen LogP contribution is 2.33. The van der Waals surface area contributed by atoms with Gasteiger partial charge in [0.1, 0.15) is 10.6 Å². The number of nitrogens with one attached hydrogen (secondary N) is 1. The van der Waals surface area contributed by atoms with Gasteiger partial charge in [-0.1, -0.05) is 13.0 Å². The number of rotatable bonds is 7. The van der Waals surface area contributed by atoms with Gasteiger partial charge < -0.3 is 19.1 Å². The Morgan fingerprint density at radius 1 is 1.06 bits per heavy atom. The number of piperazine rings is 1. The molecule has 172 valence electrons. The molecular formula is C22H27N3O6S. The summed E-state index contributed by atoms with van der Waals surface area (Å²) < 4.78 is 43.5. The van der Waals surface area contributed by atoms with Crippen molar-refractivity contribution in [2.24, 2.45) is 0 Å². The number of sulfonamides is 1. The lowest BCUT2D eigenvalue weighted by atomic mass is 10.1. The van der Waals surface area contributed by atoms with Crippen molar-refractivity contribution in [1.29, 1.82) is 0 Å². The maximum Gasteiger partial charge on any atom is 0.253 e. The first-order valence-electron chi connectivity index (χ1n) is 10.5. The van der Waals surface area contributed by atoms with Gasteiger partial charge in [0.05, 0.1) is 7.11 Å². The quantitative estimate of drug-likeness (QED) is 0.670. The number of hydrogen-bond acceptors (Lipinski definition) is 7. The van der Waals surface area contributed by atoms with E-state index in [1.807, 2.05) is 18.2 Å². The lowest BCUT2D eigenvalue weighted by Crippen LogP contribution is -2.48. The van der Waals surface area contributed by atoms with Crippen LogP contribution in [0, 0.1) is 0 Å². The molecule has 0 radical (unpaired) electrons. The predicted octanol–water partition coefficient (Wildman–Crippen LogP) is 1.68. The first kappa shape index (κ1) is 22.4. The molecule has 0 bridgehead atoms. The summed E-state index contributed by atoms with van der Waals surface area (Å²) in [5.41, 5.74) is 1.45. The average molecular weight is 462 g/mol. The van der Waals surface area contributed by atoms with Gasteiger partial charge in [0.15, 0.2) is 11.5 Å². The lowest BCUT2D eigenvalue weighted by Gasteiger charge is -2.35. The molecule has 1 saturated heterocycles. The highest BCUT2D eigenvalue weighted by molar-refractivity contribution is 7.89. The summed E-state index contributed by atoms with van der Waals surface area (Å²) in [6, 6.07) is 10.4. The predicted molar refractivity (Wildman–Crippen MR) is 118 cm³/mol. The first-order chi connectivity index (χ1) is 15.4. The summed E-state index contributed by atoms with van der Waals surface area (Å²) in [5, 5.41) is 0. The van der Waals surface area contributed by atoms with Crippen LogP contribution in [-0.4, -0.2) is 70.8 Å². The Bertz CT molecular complexity index is 1100. The van der Waals surface area contributed by atoms with Crippen LogP contribution in [0.25, 0.3) is 0 Å². The third-order valence-electron chi connectivity index (χ3n) is 5.54. The fourth-order valence-electron chi connectivity index (χ4n) is 3.88. The second kappa shape index (κ2) is 9.35. The van der Waals surface area contributed by atoms with Crippen molar-refractivity contribution in [2.45, 2.75) is 18.4 Å². The summed E-state index contributed by atoms with van der Waals surface area (Å²) in [4.78, 5) is 17.0. The van der Waals surface area contributed by atoms with Gasteiger partial charge in [0, 0.05) is 44.8 Å². The van der Waals surface area contributed by atoms with Crippen LogP contribution in [0.15, 0.2) is 41.3 Å². The molecule has 1 amide bonds. The van der Waals surface area contributed by atoms with Gasteiger partial charge in [-0.2, -0.15) is 0 Å². The van der Waals surface area contributed by atoms with E-state index in [-0.39, 0.29) is 29.9 Å². The molecule has 2 aromatic carbocycles. The molecule has 2 aliphatic heterocycles. The second-order valence-corrected chi connectivity index (χ2v) is 9.36. The molecule has 0 saturated carbocycles. The van der Waals surface area contributed by atoms with Gasteiger partial charge in [0.2, 0.25) is 16.8 Å². The lowest BCUT2D eigenvalue weighted by molar-refractivity contribution is 0.0628. The van der Waals surface area contributed by atoms with Crippen LogP contribution in [0.2, 0.25) is 0 Å². The molecule has 0 aliphatic carbocycles. The van der Waals surface area contributed by atoms with Crippen molar-refractivity contribution >= 4 is 15.9 Å². The number of carbonyl (C=O) groups is 1. The van der Waals surface area contributed by atoms with Gasteiger partial charge in [0.25, 0.3) is 5.91 Å². The molecule has 1 N–H and O–H groups in total. The van der Waals surface area contributed by atoms with E-state index in [4.69, 9.17) is 14.2 Å². The summed E-state index contributed by atoms with van der Waals surface area (Å²) in [6.07, 6.45) is 0. The Hall–Kier alpha value is -2.82. The van der Waals surface area contributed by atoms with Gasteiger partial charge in [-0.05, 0) is 35.9 Å². The zero-order valence-electron chi connectivity index (χ0n) is 18.2. The minimum atomic E-state index is -3.76. The topological polar surface area (TPSA) is 97.4 Å². The highest BCUT2D eigenvalue weighted by atomic mass is 32.2. The molecule has 0 spiro atoms. The molecule has 0 atom stereocenters. The number of ether oxygens (including phenoxy) is 3. The Morgan fingerprint density at radius 2 is 1.81 bits per heavy atom. The SMILES string of the molecule is CCNS(=O)(=O)c1cc(C(=O)N2CCN(Cc3ccc4c(c3)OCO4)CC2)ccc1OC. The molecular weight excluding hydrogens is 434 g/mol. The smallest absolute Gasteiger partial charge is 0.253 e. The molecule has 32 heavy (non-hydrogen) atoms. The number of carbonyl (C=O) groups excluding carboxylic acids is 1. The van der Waals surface area contributed by atoms with Crippen LogP contribution in [0.1, 0.15) is 22.8 Å². The number of hydrogen-bond donors (Lipinski definition) is 1. The highest BCUT2D eigenvalue weighted by Gasteiger charge is 2.26. The van der Waals surface area contributed by atoms with Gasteiger partial charge >= 0.3 is 0 Å². The number of nitrogens with zero attached hydrogens (tertiary/aromatic N) is 2. The normalized spacial score (nSPS) is 16.2. The van der Waals surface area contributed by atoms with Crippen molar-refractivity contribution in [3.05, 3.63) is 47.5 Å². The van der Waals surface area contributed by atoms with E-state index in [1.165, 1.54) is 19.2 Å². The molecule has 2 heterocycles. The Balaban J connectivity index is 1.41. The number of fused-ring (bicyclic) bond motifs is 1. The minimum absolute atomic E-state index is 0.0332. The summed E-state index contributed by atoms with van der Waals surface area (Å²) in [7, 11) is -2.36. The van der Waals surface area contributed by atoms with Crippen molar-refractivity contribution < 1.29 is 27.4 Å². The number of benzene rings is 2. The third-order valence-corrected chi connectivity index (χ3v) is 7.10. The molecule has 10 heteroatoms. The Labute approximate surface area is 187 Å². The maximum absolute atomic E-state index is 13.1. The van der Waals surface area contributed by atoms with E-state index in [0.29, 0.717) is 18.7 Å². The summed E-state index contributed by atoms with van der Waals surface area (Å²) in [5.74, 6) is 1.54. The van der Waals surface area contributed by atoms with Crippen molar-refractivity contribution in [3.8, 4) is 17.2 Å². The van der Waals surface area contributed by atoms with E-state index in [9.17, 15) is 13.2 Å². The number of methoxy groups -OCH3 is 1. The van der Waals surface area contributed by atoms with Crippen LogP contribution in [0.5, 0.6) is 17.2 Å². The maximum atomic E-state index is 13.1. The van der Waals surface area contributed by atoms with Crippen LogP contribution >= 0.6 is 0 Å². The van der Waals surface area contributed by atoms with E-state index in [0.717, 1.165) is 36.7 Å². The largest absolute Gasteiger partial charge is 0.495 e. The van der Waals surface area contributed by atoms with Crippen molar-refractivity contribution in [3.63, 3.8) is 0 Å². The fourth-order valence-corrected chi connectivity index (χ4v) is 5.11. The molecule has 4 rings (SSSR count). The molecule has 1 fully saturated rings. The minimum Gasteiger partial charge on any atom is -0.495 e. The summed E-state index contributed by atoms with van der Waals surface area (Å²) >= 11 is 0. The summed E-state index contributed by atoms with van der Waals surface area (Å²) in [6.45, 7) is 5.51. The van der Waals surface area contributed by atoms with E-state index >= 15 is 0 Å². The molecule has 0 aromatic heterocycles. The van der Waals surface area contributed by atoms with E-state index < -0.39 is 10.0 Å². The third kappa shape index (κ3) is 4.67. The Morgan fingerprint density at radius 3 is 2.53 bits per heavy atom. The van der Waals surface area contributed by atoms with E-state index in [1.54, 1.807) is 17.9 Å². The zero-order valence-corrected chi connectivity index (χ0v) is 19.0. The van der Waals surface area contributed by atoms with Crippen molar-refractivity contribution in [2.75, 3.05) is 46.6 Å². The molecule has 2 aromatic rings. The zero-order chi connectivity index (χ0) is 22.7.